The van der Waals surface area contributed by atoms with Crippen LogP contribution in [0.15, 0.2) is 4.90 Å². The molecule has 1 aromatic heterocycles. The Morgan fingerprint density at radius 3 is 2.24 bits per heavy atom. The Balaban J connectivity index is 3.38. The Morgan fingerprint density at radius 2 is 1.86 bits per heavy atom. The summed E-state index contributed by atoms with van der Waals surface area (Å²) in [5, 5.41) is 7.08. The third kappa shape index (κ3) is 3.97. The number of nitrogens with one attached hydrogen (secondary N) is 1. The summed E-state index contributed by atoms with van der Waals surface area (Å²) in [6.45, 7) is 9.03. The second-order valence-electron chi connectivity index (χ2n) is 5.15. The van der Waals surface area contributed by atoms with E-state index in [1.807, 2.05) is 20.8 Å². The van der Waals surface area contributed by atoms with E-state index in [0.29, 0.717) is 24.2 Å². The Labute approximate surface area is 130 Å². The van der Waals surface area contributed by atoms with Gasteiger partial charge in [-0.1, -0.05) is 13.8 Å². The molecule has 21 heavy (non-hydrogen) atoms. The number of halogens is 1. The molecule has 1 heterocycles. The van der Waals surface area contributed by atoms with Gasteiger partial charge in [0.1, 0.15) is 10.9 Å². The van der Waals surface area contributed by atoms with Gasteiger partial charge in [-0.05, 0) is 33.6 Å². The van der Waals surface area contributed by atoms with Crippen molar-refractivity contribution in [1.29, 1.82) is 0 Å². The van der Waals surface area contributed by atoms with Crippen molar-refractivity contribution < 1.29 is 13.2 Å². The van der Waals surface area contributed by atoms with Gasteiger partial charge in [-0.3, -0.25) is 9.48 Å². The molecule has 0 aliphatic heterocycles. The summed E-state index contributed by atoms with van der Waals surface area (Å²) in [6, 6.07) is -0.595. The van der Waals surface area contributed by atoms with Crippen LogP contribution in [0, 0.1) is 0 Å². The fourth-order valence-electron chi connectivity index (χ4n) is 2.18. The molecule has 1 unspecified atom stereocenters. The molecule has 1 aromatic rings. The molecular weight excluding hydrogens is 314 g/mol. The molecule has 0 spiro atoms. The van der Waals surface area contributed by atoms with E-state index in [4.69, 9.17) is 10.7 Å². The van der Waals surface area contributed by atoms with Gasteiger partial charge < -0.3 is 5.32 Å². The zero-order chi connectivity index (χ0) is 16.4. The molecule has 1 amide bonds. The number of carbonyl (C=O) groups is 1. The van der Waals surface area contributed by atoms with Gasteiger partial charge in [0.2, 0.25) is 5.91 Å². The van der Waals surface area contributed by atoms with Gasteiger partial charge in [0.25, 0.3) is 9.05 Å². The number of hydrogen-bond donors (Lipinski definition) is 1. The van der Waals surface area contributed by atoms with Crippen molar-refractivity contribution in [3.63, 3.8) is 0 Å². The lowest BCUT2D eigenvalue weighted by Crippen LogP contribution is -2.36. The normalized spacial score (nSPS) is 13.5. The van der Waals surface area contributed by atoms with Gasteiger partial charge in [-0.25, -0.2) is 8.42 Å². The summed E-state index contributed by atoms with van der Waals surface area (Å²) in [4.78, 5) is 12.2. The predicted molar refractivity (Wildman–Crippen MR) is 82.0 cm³/mol. The molecule has 0 aliphatic carbocycles. The molecule has 6 nitrogen and oxygen atoms in total. The largest absolute Gasteiger partial charge is 0.352 e. The quantitative estimate of drug-likeness (QED) is 0.806. The minimum atomic E-state index is -3.89. The van der Waals surface area contributed by atoms with Crippen molar-refractivity contribution in [3.8, 4) is 0 Å². The minimum Gasteiger partial charge on any atom is -0.352 e. The number of aryl methyl sites for hydroxylation is 1. The summed E-state index contributed by atoms with van der Waals surface area (Å²) in [5.41, 5.74) is 0.860. The van der Waals surface area contributed by atoms with E-state index in [9.17, 15) is 13.2 Å². The van der Waals surface area contributed by atoms with Crippen LogP contribution in [0.2, 0.25) is 0 Å². The highest BCUT2D eigenvalue weighted by atomic mass is 35.7. The van der Waals surface area contributed by atoms with Crippen LogP contribution in [0.4, 0.5) is 0 Å². The van der Waals surface area contributed by atoms with Crippen LogP contribution < -0.4 is 5.32 Å². The molecule has 0 aromatic carbocycles. The molecule has 1 rings (SSSR count). The Kier molecular flexibility index (Phi) is 5.81. The van der Waals surface area contributed by atoms with Crippen molar-refractivity contribution in [3.05, 3.63) is 11.4 Å². The second kappa shape index (κ2) is 6.79. The Bertz CT molecular complexity index is 623. The van der Waals surface area contributed by atoms with Crippen molar-refractivity contribution in [1.82, 2.24) is 15.1 Å². The molecule has 120 valence electrons. The first-order chi connectivity index (χ1) is 9.63. The molecule has 0 saturated heterocycles. The van der Waals surface area contributed by atoms with Crippen LogP contribution in [0.5, 0.6) is 0 Å². The number of hydrogen-bond acceptors (Lipinski definition) is 4. The van der Waals surface area contributed by atoms with Gasteiger partial charge in [0.15, 0.2) is 0 Å². The lowest BCUT2D eigenvalue weighted by atomic mass is 10.2. The monoisotopic (exact) mass is 335 g/mol. The van der Waals surface area contributed by atoms with Gasteiger partial charge in [0, 0.05) is 16.7 Å². The topological polar surface area (TPSA) is 81.1 Å². The van der Waals surface area contributed by atoms with Crippen molar-refractivity contribution in [2.75, 3.05) is 0 Å². The highest BCUT2D eigenvalue weighted by Crippen LogP contribution is 2.27. The van der Waals surface area contributed by atoms with E-state index in [1.54, 1.807) is 13.8 Å². The lowest BCUT2D eigenvalue weighted by Gasteiger charge is -2.17. The van der Waals surface area contributed by atoms with Crippen LogP contribution in [-0.2, 0) is 26.7 Å². The molecule has 0 fully saturated rings. The molecule has 0 saturated carbocycles. The van der Waals surface area contributed by atoms with E-state index >= 15 is 0 Å². The van der Waals surface area contributed by atoms with Crippen LogP contribution in [0.1, 0.15) is 52.0 Å². The number of rotatable bonds is 6. The number of amides is 1. The second-order valence-corrected chi connectivity index (χ2v) is 7.65. The molecule has 8 heteroatoms. The number of aromatic nitrogens is 2. The molecule has 1 atom stereocenters. The van der Waals surface area contributed by atoms with Crippen LogP contribution in [0.25, 0.3) is 0 Å². The fourth-order valence-corrected chi connectivity index (χ4v) is 3.70. The summed E-state index contributed by atoms with van der Waals surface area (Å²) in [5.74, 6) is -0.205. The third-order valence-electron chi connectivity index (χ3n) is 3.12. The number of carbonyl (C=O) groups excluding carboxylic acids is 1. The summed E-state index contributed by atoms with van der Waals surface area (Å²) in [6.07, 6.45) is 0.855. The van der Waals surface area contributed by atoms with Crippen LogP contribution in [-0.4, -0.2) is 30.1 Å². The fraction of sp³-hybridized carbons (Fsp3) is 0.692. The molecular formula is C13H22ClN3O3S. The van der Waals surface area contributed by atoms with E-state index in [2.05, 4.69) is 10.4 Å². The first-order valence-electron chi connectivity index (χ1n) is 6.98. The third-order valence-corrected chi connectivity index (χ3v) is 4.54. The van der Waals surface area contributed by atoms with Crippen LogP contribution in [0.3, 0.4) is 0 Å². The molecule has 0 aliphatic rings. The Morgan fingerprint density at radius 1 is 1.29 bits per heavy atom. The molecule has 1 N–H and O–H groups in total. The highest BCUT2D eigenvalue weighted by Gasteiger charge is 2.29. The molecule has 0 bridgehead atoms. The standard InChI is InChI=1S/C13H22ClN3O3S/c1-6-10-12(21(14,19)20)11(7-2)17(16-10)9(5)13(18)15-8(3)4/h8-9H,6-7H2,1-5H3,(H,15,18). The van der Waals surface area contributed by atoms with Crippen molar-refractivity contribution >= 4 is 25.6 Å². The maximum atomic E-state index is 12.1. The van der Waals surface area contributed by atoms with Gasteiger partial charge in [-0.2, -0.15) is 5.10 Å². The SMILES string of the molecule is CCc1nn(C(C)C(=O)NC(C)C)c(CC)c1S(=O)(=O)Cl. The van der Waals surface area contributed by atoms with E-state index in [1.165, 1.54) is 4.68 Å². The average Bonchev–Trinajstić information content (AvgIpc) is 2.75. The van der Waals surface area contributed by atoms with E-state index < -0.39 is 15.1 Å². The van der Waals surface area contributed by atoms with E-state index in [-0.39, 0.29) is 16.8 Å². The minimum absolute atomic E-state index is 0.00228. The van der Waals surface area contributed by atoms with Gasteiger partial charge >= 0.3 is 0 Å². The first-order valence-corrected chi connectivity index (χ1v) is 9.29. The van der Waals surface area contributed by atoms with Crippen LogP contribution >= 0.6 is 10.7 Å². The van der Waals surface area contributed by atoms with Crippen molar-refractivity contribution in [2.24, 2.45) is 0 Å². The first kappa shape index (κ1) is 18.0. The number of nitrogens with zero attached hydrogens (tertiary/aromatic N) is 2. The molecule has 0 radical (unpaired) electrons. The van der Waals surface area contributed by atoms with Gasteiger partial charge in [-0.15, -0.1) is 0 Å². The lowest BCUT2D eigenvalue weighted by molar-refractivity contribution is -0.124. The summed E-state index contributed by atoms with van der Waals surface area (Å²) >= 11 is 0. The highest BCUT2D eigenvalue weighted by molar-refractivity contribution is 8.13. The Hall–Kier alpha value is -1.08. The van der Waals surface area contributed by atoms with Crippen molar-refractivity contribution in [2.45, 2.75) is 64.4 Å². The van der Waals surface area contributed by atoms with Gasteiger partial charge in [0.05, 0.1) is 11.4 Å². The predicted octanol–water partition coefficient (Wildman–Crippen LogP) is 2.02. The maximum Gasteiger partial charge on any atom is 0.264 e. The van der Waals surface area contributed by atoms with E-state index in [0.717, 1.165) is 0 Å². The zero-order valence-corrected chi connectivity index (χ0v) is 14.5. The summed E-state index contributed by atoms with van der Waals surface area (Å²) < 4.78 is 25.0. The average molecular weight is 336 g/mol. The zero-order valence-electron chi connectivity index (χ0n) is 13.0. The maximum absolute atomic E-state index is 12.1. The summed E-state index contributed by atoms with van der Waals surface area (Å²) in [7, 11) is 1.63. The smallest absolute Gasteiger partial charge is 0.264 e.